The normalized spacial score (nSPS) is 22.4. The van der Waals surface area contributed by atoms with Crippen molar-refractivity contribution in [1.29, 1.82) is 0 Å². The molecule has 4 fully saturated rings. The van der Waals surface area contributed by atoms with Crippen LogP contribution in [-0.2, 0) is 9.53 Å². The first-order chi connectivity index (χ1) is 25.8. The fourth-order valence-electron chi connectivity index (χ4n) is 9.24. The lowest BCUT2D eigenvalue weighted by molar-refractivity contribution is -0.137. The molecule has 0 radical (unpaired) electrons. The molecule has 0 bridgehead atoms. The highest BCUT2D eigenvalue weighted by atomic mass is 19.1. The van der Waals surface area contributed by atoms with Crippen molar-refractivity contribution in [3.63, 3.8) is 0 Å². The molecule has 278 valence electrons. The summed E-state index contributed by atoms with van der Waals surface area (Å²) in [7, 11) is 0. The van der Waals surface area contributed by atoms with Crippen molar-refractivity contribution in [1.82, 2.24) is 24.8 Å². The van der Waals surface area contributed by atoms with E-state index in [4.69, 9.17) is 25.9 Å². The fourth-order valence-corrected chi connectivity index (χ4v) is 9.24. The molecule has 2 aromatic carbocycles. The summed E-state index contributed by atoms with van der Waals surface area (Å²) in [5.74, 6) is 2.22. The SMILES string of the molecule is C#Cc1c(F)ccc2cc(O)cc(-c3ncc4c(N5CCCOCC5)nc(OC[C@]56CCC[C@H]5N(CCC5CN(C(=O)CC)C5)CCC6)nc4c3F)c12. The monoisotopic (exact) mass is 724 g/mol. The van der Waals surface area contributed by atoms with Crippen molar-refractivity contribution >= 4 is 33.4 Å². The first-order valence-electron chi connectivity index (χ1n) is 19.0. The number of carbonyl (C=O) groups excluding carboxylic acids is 1. The van der Waals surface area contributed by atoms with Crippen molar-refractivity contribution in [2.24, 2.45) is 11.3 Å². The summed E-state index contributed by atoms with van der Waals surface area (Å²) in [5.41, 5.74) is -0.0172. The van der Waals surface area contributed by atoms with Gasteiger partial charge in [0.15, 0.2) is 5.82 Å². The molecule has 2 atom stereocenters. The van der Waals surface area contributed by atoms with Crippen LogP contribution in [0.1, 0.15) is 63.9 Å². The Morgan fingerprint density at radius 2 is 1.96 bits per heavy atom. The maximum Gasteiger partial charge on any atom is 0.319 e. The van der Waals surface area contributed by atoms with Crippen LogP contribution < -0.4 is 9.64 Å². The van der Waals surface area contributed by atoms with Gasteiger partial charge in [-0.25, -0.2) is 8.78 Å². The predicted molar refractivity (Wildman–Crippen MR) is 199 cm³/mol. The third-order valence-corrected chi connectivity index (χ3v) is 12.0. The van der Waals surface area contributed by atoms with Gasteiger partial charge < -0.3 is 24.4 Å². The number of nitrogens with zero attached hydrogens (tertiary/aromatic N) is 6. The number of piperidine rings is 1. The number of phenols is 1. The van der Waals surface area contributed by atoms with E-state index in [9.17, 15) is 14.3 Å². The number of terminal acetylenes is 1. The molecule has 1 saturated carbocycles. The summed E-state index contributed by atoms with van der Waals surface area (Å²) in [6.07, 6.45) is 15.1. The molecule has 0 spiro atoms. The number of amides is 1. The number of likely N-dealkylation sites (tertiary alicyclic amines) is 2. The van der Waals surface area contributed by atoms with Gasteiger partial charge in [0.2, 0.25) is 5.91 Å². The lowest BCUT2D eigenvalue weighted by Crippen LogP contribution is -2.54. The minimum atomic E-state index is -0.739. The van der Waals surface area contributed by atoms with Crippen LogP contribution in [0.15, 0.2) is 30.5 Å². The van der Waals surface area contributed by atoms with E-state index in [1.54, 1.807) is 0 Å². The molecule has 4 aromatic rings. The minimum Gasteiger partial charge on any atom is -0.508 e. The Balaban J connectivity index is 1.12. The number of pyridine rings is 1. The molecule has 0 unspecified atom stereocenters. The molecule has 3 aliphatic heterocycles. The molecule has 1 aliphatic carbocycles. The van der Waals surface area contributed by atoms with Gasteiger partial charge in [-0.3, -0.25) is 14.7 Å². The first kappa shape index (κ1) is 35.4. The Labute approximate surface area is 308 Å². The number of carbonyl (C=O) groups is 1. The van der Waals surface area contributed by atoms with Gasteiger partial charge in [0.05, 0.1) is 24.2 Å². The van der Waals surface area contributed by atoms with Crippen LogP contribution in [0, 0.1) is 35.3 Å². The molecule has 1 amide bonds. The van der Waals surface area contributed by atoms with Crippen LogP contribution in [0.2, 0.25) is 0 Å². The Bertz CT molecular complexity index is 2080. The van der Waals surface area contributed by atoms with Crippen LogP contribution in [0.4, 0.5) is 14.6 Å². The second kappa shape index (κ2) is 14.7. The zero-order chi connectivity index (χ0) is 36.7. The maximum absolute atomic E-state index is 17.0. The van der Waals surface area contributed by atoms with Crippen molar-refractivity contribution in [3.8, 4) is 35.4 Å². The average molecular weight is 725 g/mol. The van der Waals surface area contributed by atoms with Crippen molar-refractivity contribution in [2.45, 2.75) is 64.3 Å². The molecule has 8 rings (SSSR count). The summed E-state index contributed by atoms with van der Waals surface area (Å²) >= 11 is 0. The second-order valence-corrected chi connectivity index (χ2v) is 15.1. The maximum atomic E-state index is 17.0. The molecule has 1 N–H and O–H groups in total. The fraction of sp³-hybridized carbons (Fsp3) is 0.512. The molecule has 4 aliphatic rings. The summed E-state index contributed by atoms with van der Waals surface area (Å²) in [4.78, 5) is 32.8. The number of phenolic OH excluding ortho intramolecular Hbond substituents is 1. The van der Waals surface area contributed by atoms with Crippen molar-refractivity contribution in [2.75, 3.05) is 64.0 Å². The highest BCUT2D eigenvalue weighted by Gasteiger charge is 2.48. The smallest absolute Gasteiger partial charge is 0.319 e. The number of anilines is 1. The first-order valence-corrected chi connectivity index (χ1v) is 19.0. The molecule has 12 heteroatoms. The predicted octanol–water partition coefficient (Wildman–Crippen LogP) is 6.31. The molecule has 5 heterocycles. The van der Waals surface area contributed by atoms with Gasteiger partial charge in [0.1, 0.15) is 28.6 Å². The second-order valence-electron chi connectivity index (χ2n) is 15.1. The molecular weight excluding hydrogens is 678 g/mol. The number of aromatic nitrogens is 3. The highest BCUT2D eigenvalue weighted by Crippen LogP contribution is 2.48. The van der Waals surface area contributed by atoms with Gasteiger partial charge in [0.25, 0.3) is 0 Å². The van der Waals surface area contributed by atoms with Gasteiger partial charge in [-0.15, -0.1) is 6.42 Å². The van der Waals surface area contributed by atoms with E-state index in [1.807, 2.05) is 11.8 Å². The van der Waals surface area contributed by atoms with Gasteiger partial charge in [0, 0.05) is 67.8 Å². The van der Waals surface area contributed by atoms with Crippen LogP contribution in [0.25, 0.3) is 32.9 Å². The van der Waals surface area contributed by atoms with E-state index in [0.29, 0.717) is 67.9 Å². The van der Waals surface area contributed by atoms with Crippen molar-refractivity contribution in [3.05, 3.63) is 47.7 Å². The Kier molecular flexibility index (Phi) is 9.81. The van der Waals surface area contributed by atoms with Crippen LogP contribution in [0.5, 0.6) is 11.8 Å². The van der Waals surface area contributed by atoms with Gasteiger partial charge in [-0.05, 0) is 81.1 Å². The van der Waals surface area contributed by atoms with E-state index < -0.39 is 11.6 Å². The third kappa shape index (κ3) is 6.63. The van der Waals surface area contributed by atoms with E-state index in [1.165, 1.54) is 30.5 Å². The van der Waals surface area contributed by atoms with E-state index >= 15 is 4.39 Å². The molecule has 10 nitrogen and oxygen atoms in total. The number of benzene rings is 2. The van der Waals surface area contributed by atoms with Crippen LogP contribution in [-0.4, -0.2) is 101 Å². The quantitative estimate of drug-likeness (QED) is 0.199. The summed E-state index contributed by atoms with van der Waals surface area (Å²) in [6, 6.07) is 6.02. The standard InChI is InChI=1S/C41H46F2N6O4/c1-3-29-32(42)10-9-27-20-28(50)21-30(35(27)29)37-36(43)38-31(22-44-37)39(48-15-7-18-52-19-17-48)46-40(45-38)53-25-41-12-5-8-33(41)47(14-6-13-41)16-11-26-23-49(24-26)34(51)4-2/h1,9-10,20-22,26,33,50H,4-8,11-19,23-25H2,2H3/t33-,41-/m1/s1. The zero-order valence-electron chi connectivity index (χ0n) is 30.3. The number of ether oxygens (including phenoxy) is 2. The van der Waals surface area contributed by atoms with Gasteiger partial charge >= 0.3 is 6.01 Å². The number of fused-ring (bicyclic) bond motifs is 3. The third-order valence-electron chi connectivity index (χ3n) is 12.0. The number of halogens is 2. The van der Waals surface area contributed by atoms with Gasteiger partial charge in [-0.2, -0.15) is 9.97 Å². The molecule has 3 saturated heterocycles. The number of aromatic hydroxyl groups is 1. The van der Waals surface area contributed by atoms with E-state index in [0.717, 1.165) is 71.1 Å². The van der Waals surface area contributed by atoms with Crippen LogP contribution in [0.3, 0.4) is 0 Å². The minimum absolute atomic E-state index is 0.0251. The van der Waals surface area contributed by atoms with Crippen molar-refractivity contribution < 1.29 is 28.2 Å². The van der Waals surface area contributed by atoms with E-state index in [2.05, 4.69) is 20.7 Å². The number of rotatable bonds is 9. The lowest BCUT2D eigenvalue weighted by atomic mass is 9.75. The number of hydrogen-bond donors (Lipinski definition) is 1. The molecule has 2 aromatic heterocycles. The molecule has 53 heavy (non-hydrogen) atoms. The topological polar surface area (TPSA) is 104 Å². The van der Waals surface area contributed by atoms with Crippen LogP contribution >= 0.6 is 0 Å². The summed E-state index contributed by atoms with van der Waals surface area (Å²) < 4.78 is 44.2. The average Bonchev–Trinajstić information content (AvgIpc) is 3.40. The Morgan fingerprint density at radius 1 is 1.11 bits per heavy atom. The number of hydrogen-bond acceptors (Lipinski definition) is 9. The molecular formula is C41H46F2N6O4. The summed E-state index contributed by atoms with van der Waals surface area (Å²) in [5, 5.41) is 11.8. The zero-order valence-corrected chi connectivity index (χ0v) is 30.3. The Hall–Kier alpha value is -4.60. The van der Waals surface area contributed by atoms with E-state index in [-0.39, 0.29) is 50.8 Å². The highest BCUT2D eigenvalue weighted by molar-refractivity contribution is 6.03. The lowest BCUT2D eigenvalue weighted by Gasteiger charge is -2.47. The largest absolute Gasteiger partial charge is 0.508 e. The summed E-state index contributed by atoms with van der Waals surface area (Å²) in [6.45, 7) is 8.47. The van der Waals surface area contributed by atoms with Gasteiger partial charge in [-0.1, -0.05) is 25.3 Å². The Morgan fingerprint density at radius 3 is 2.79 bits per heavy atom.